The molecule has 0 spiro atoms. The monoisotopic (exact) mass is 278 g/mol. The van der Waals surface area contributed by atoms with E-state index in [4.69, 9.17) is 0 Å². The number of piperidine rings is 1. The Morgan fingerprint density at radius 3 is 2.90 bits per heavy atom. The number of hydrogen-bond acceptors (Lipinski definition) is 3. The first kappa shape index (κ1) is 15.0. The predicted octanol–water partition coefficient (Wildman–Crippen LogP) is 1.58. The fraction of sp³-hybridized carbons (Fsp3) is 0.733. The van der Waals surface area contributed by atoms with Gasteiger partial charge in [-0.25, -0.2) is 0 Å². The molecule has 2 rings (SSSR count). The highest BCUT2D eigenvalue weighted by atomic mass is 16.2. The van der Waals surface area contributed by atoms with E-state index in [0.29, 0.717) is 12.0 Å². The van der Waals surface area contributed by atoms with Crippen molar-refractivity contribution < 1.29 is 4.79 Å². The molecule has 5 nitrogen and oxygen atoms in total. The van der Waals surface area contributed by atoms with Crippen LogP contribution in [0.3, 0.4) is 0 Å². The summed E-state index contributed by atoms with van der Waals surface area (Å²) >= 11 is 0. The lowest BCUT2D eigenvalue weighted by Crippen LogP contribution is -2.43. The summed E-state index contributed by atoms with van der Waals surface area (Å²) in [4.78, 5) is 14.6. The van der Waals surface area contributed by atoms with Gasteiger partial charge in [-0.05, 0) is 32.2 Å². The molecule has 0 aromatic carbocycles. The van der Waals surface area contributed by atoms with Gasteiger partial charge in [-0.3, -0.25) is 9.48 Å². The molecule has 1 amide bonds. The zero-order chi connectivity index (χ0) is 14.7. The third-order valence-corrected chi connectivity index (χ3v) is 4.09. The Balaban J connectivity index is 1.98. The van der Waals surface area contributed by atoms with E-state index in [1.54, 1.807) is 10.9 Å². The van der Waals surface area contributed by atoms with Crippen LogP contribution in [0.15, 0.2) is 6.20 Å². The molecule has 1 saturated heterocycles. The molecule has 0 saturated carbocycles. The smallest absolute Gasteiger partial charge is 0.257 e. The van der Waals surface area contributed by atoms with Gasteiger partial charge >= 0.3 is 0 Å². The fourth-order valence-electron chi connectivity index (χ4n) is 2.70. The van der Waals surface area contributed by atoms with Gasteiger partial charge in [0.2, 0.25) is 0 Å². The zero-order valence-corrected chi connectivity index (χ0v) is 13.0. The van der Waals surface area contributed by atoms with E-state index in [9.17, 15) is 4.79 Å². The Kier molecular flexibility index (Phi) is 4.81. The van der Waals surface area contributed by atoms with Crippen LogP contribution in [0, 0.1) is 12.8 Å². The van der Waals surface area contributed by atoms with Crippen molar-refractivity contribution >= 4 is 5.91 Å². The van der Waals surface area contributed by atoms with E-state index in [-0.39, 0.29) is 5.91 Å². The highest BCUT2D eigenvalue weighted by Gasteiger charge is 2.26. The van der Waals surface area contributed by atoms with E-state index in [1.165, 1.54) is 6.42 Å². The van der Waals surface area contributed by atoms with Crippen LogP contribution < -0.4 is 5.32 Å². The summed E-state index contributed by atoms with van der Waals surface area (Å²) in [5.41, 5.74) is 1.68. The molecule has 112 valence electrons. The highest BCUT2D eigenvalue weighted by molar-refractivity contribution is 5.95. The van der Waals surface area contributed by atoms with Crippen LogP contribution in [0.1, 0.15) is 42.7 Å². The Hall–Kier alpha value is -1.36. The van der Waals surface area contributed by atoms with E-state index in [1.807, 2.05) is 18.9 Å². The molecule has 0 radical (unpaired) electrons. The van der Waals surface area contributed by atoms with Gasteiger partial charge < -0.3 is 10.2 Å². The minimum atomic E-state index is 0.129. The Labute approximate surface area is 121 Å². The maximum atomic E-state index is 12.6. The molecule has 1 aromatic heterocycles. The summed E-state index contributed by atoms with van der Waals surface area (Å²) < 4.78 is 1.76. The molecule has 1 unspecified atom stereocenters. The van der Waals surface area contributed by atoms with Crippen LogP contribution in [-0.2, 0) is 7.05 Å². The van der Waals surface area contributed by atoms with E-state index in [2.05, 4.69) is 24.3 Å². The Morgan fingerprint density at radius 2 is 2.30 bits per heavy atom. The van der Waals surface area contributed by atoms with Gasteiger partial charge in [-0.1, -0.05) is 13.8 Å². The van der Waals surface area contributed by atoms with Crippen molar-refractivity contribution in [3.8, 4) is 0 Å². The highest BCUT2D eigenvalue weighted by Crippen LogP contribution is 2.19. The second-order valence-electron chi connectivity index (χ2n) is 6.09. The van der Waals surface area contributed by atoms with Crippen molar-refractivity contribution in [2.24, 2.45) is 13.0 Å². The van der Waals surface area contributed by atoms with Crippen LogP contribution in [-0.4, -0.2) is 46.3 Å². The molecule has 0 bridgehead atoms. The van der Waals surface area contributed by atoms with Gasteiger partial charge in [0.1, 0.15) is 0 Å². The zero-order valence-electron chi connectivity index (χ0n) is 13.0. The number of carbonyl (C=O) groups excluding carboxylic acids is 1. The van der Waals surface area contributed by atoms with Crippen LogP contribution in [0.2, 0.25) is 0 Å². The Morgan fingerprint density at radius 1 is 1.55 bits per heavy atom. The maximum Gasteiger partial charge on any atom is 0.257 e. The summed E-state index contributed by atoms with van der Waals surface area (Å²) in [5.74, 6) is 0.692. The number of hydrogen-bond donors (Lipinski definition) is 1. The Bertz CT molecular complexity index is 466. The standard InChI is InChI=1S/C15H26N4O/c1-11(2)16-8-13-6-5-7-19(10-13)15(20)14-9-17-18(4)12(14)3/h9,11,13,16H,5-8,10H2,1-4H3. The first-order valence-electron chi connectivity index (χ1n) is 7.50. The predicted molar refractivity (Wildman–Crippen MR) is 79.7 cm³/mol. The van der Waals surface area contributed by atoms with Crippen molar-refractivity contribution in [2.45, 2.75) is 39.7 Å². The summed E-state index contributed by atoms with van der Waals surface area (Å²) in [6.07, 6.45) is 3.98. The molecule has 1 N–H and O–H groups in total. The lowest BCUT2D eigenvalue weighted by atomic mass is 9.97. The number of rotatable bonds is 4. The van der Waals surface area contributed by atoms with Crippen LogP contribution in [0.5, 0.6) is 0 Å². The number of carbonyl (C=O) groups is 1. The second kappa shape index (κ2) is 6.39. The molecular weight excluding hydrogens is 252 g/mol. The minimum absolute atomic E-state index is 0.129. The number of aromatic nitrogens is 2. The minimum Gasteiger partial charge on any atom is -0.338 e. The summed E-state index contributed by atoms with van der Waals surface area (Å²) in [6, 6.07) is 0.502. The largest absolute Gasteiger partial charge is 0.338 e. The average molecular weight is 278 g/mol. The van der Waals surface area contributed by atoms with Crippen LogP contribution in [0.25, 0.3) is 0 Å². The molecule has 2 heterocycles. The lowest BCUT2D eigenvalue weighted by Gasteiger charge is -2.33. The fourth-order valence-corrected chi connectivity index (χ4v) is 2.70. The van der Waals surface area contributed by atoms with Crippen molar-refractivity contribution in [1.82, 2.24) is 20.0 Å². The van der Waals surface area contributed by atoms with Gasteiger partial charge in [-0.2, -0.15) is 5.10 Å². The van der Waals surface area contributed by atoms with Crippen molar-refractivity contribution in [1.29, 1.82) is 0 Å². The SMILES string of the molecule is Cc1c(C(=O)N2CCCC(CNC(C)C)C2)cnn1C. The van der Waals surface area contributed by atoms with Crippen molar-refractivity contribution in [2.75, 3.05) is 19.6 Å². The third-order valence-electron chi connectivity index (χ3n) is 4.09. The number of nitrogens with one attached hydrogen (secondary N) is 1. The third kappa shape index (κ3) is 3.39. The van der Waals surface area contributed by atoms with Crippen LogP contribution >= 0.6 is 0 Å². The molecule has 1 aliphatic heterocycles. The van der Waals surface area contributed by atoms with E-state index in [0.717, 1.165) is 37.3 Å². The van der Waals surface area contributed by atoms with Crippen LogP contribution in [0.4, 0.5) is 0 Å². The first-order chi connectivity index (χ1) is 9.49. The van der Waals surface area contributed by atoms with E-state index >= 15 is 0 Å². The molecule has 5 heteroatoms. The maximum absolute atomic E-state index is 12.6. The van der Waals surface area contributed by atoms with Gasteiger partial charge in [0.05, 0.1) is 11.8 Å². The molecule has 1 fully saturated rings. The summed E-state index contributed by atoms with van der Waals surface area (Å²) in [7, 11) is 1.87. The number of aryl methyl sites for hydroxylation is 1. The molecular formula is C15H26N4O. The normalized spacial score (nSPS) is 19.6. The number of likely N-dealkylation sites (tertiary alicyclic amines) is 1. The lowest BCUT2D eigenvalue weighted by molar-refractivity contribution is 0.0671. The molecule has 1 atom stereocenters. The number of nitrogens with zero attached hydrogens (tertiary/aromatic N) is 3. The van der Waals surface area contributed by atoms with Crippen molar-refractivity contribution in [3.63, 3.8) is 0 Å². The van der Waals surface area contributed by atoms with Gasteiger partial charge in [0.15, 0.2) is 0 Å². The topological polar surface area (TPSA) is 50.2 Å². The van der Waals surface area contributed by atoms with E-state index < -0.39 is 0 Å². The molecule has 0 aliphatic carbocycles. The van der Waals surface area contributed by atoms with Gasteiger partial charge in [0.25, 0.3) is 5.91 Å². The second-order valence-corrected chi connectivity index (χ2v) is 6.09. The molecule has 1 aromatic rings. The average Bonchev–Trinajstić information content (AvgIpc) is 2.76. The first-order valence-corrected chi connectivity index (χ1v) is 7.50. The molecule has 1 aliphatic rings. The van der Waals surface area contributed by atoms with Crippen molar-refractivity contribution in [3.05, 3.63) is 17.5 Å². The molecule has 20 heavy (non-hydrogen) atoms. The quantitative estimate of drug-likeness (QED) is 0.909. The summed E-state index contributed by atoms with van der Waals surface area (Å²) in [6.45, 7) is 8.98. The van der Waals surface area contributed by atoms with Gasteiger partial charge in [-0.15, -0.1) is 0 Å². The van der Waals surface area contributed by atoms with Gasteiger partial charge in [0, 0.05) is 31.9 Å². The summed E-state index contributed by atoms with van der Waals surface area (Å²) in [5, 5.41) is 7.64. The number of amides is 1.